The number of nitrogens with zero attached hydrogens (tertiary/aromatic N) is 4. The zero-order valence-electron chi connectivity index (χ0n) is 15.3. The van der Waals surface area contributed by atoms with Crippen molar-refractivity contribution in [3.05, 3.63) is 58.4 Å². The highest BCUT2D eigenvalue weighted by molar-refractivity contribution is 7.92. The molecule has 0 saturated carbocycles. The molecule has 0 aliphatic carbocycles. The van der Waals surface area contributed by atoms with Crippen molar-refractivity contribution in [1.29, 1.82) is 0 Å². The third kappa shape index (κ3) is 3.10. The molecule has 1 aromatic carbocycles. The Hall–Kier alpha value is -2.33. The van der Waals surface area contributed by atoms with Gasteiger partial charge in [-0.05, 0) is 44.9 Å². The molecule has 3 aromatic rings. The molecule has 0 spiro atoms. The van der Waals surface area contributed by atoms with Crippen LogP contribution in [-0.4, -0.2) is 29.1 Å². The Morgan fingerprint density at radius 2 is 2.00 bits per heavy atom. The minimum Gasteiger partial charge on any atom is -0.349 e. The van der Waals surface area contributed by atoms with E-state index >= 15 is 0 Å². The van der Waals surface area contributed by atoms with Crippen molar-refractivity contribution < 1.29 is 17.2 Å². The highest BCUT2D eigenvalue weighted by atomic mass is 32.2. The van der Waals surface area contributed by atoms with Crippen LogP contribution in [0.3, 0.4) is 0 Å². The van der Waals surface area contributed by atoms with E-state index in [4.69, 9.17) is 0 Å². The fourth-order valence-electron chi connectivity index (χ4n) is 3.64. The number of anilines is 1. The second kappa shape index (κ2) is 6.93. The molecule has 1 saturated heterocycles. The van der Waals surface area contributed by atoms with E-state index < -0.39 is 27.7 Å². The second-order valence-electron chi connectivity index (χ2n) is 6.66. The number of thiazole rings is 1. The molecule has 10 heteroatoms. The van der Waals surface area contributed by atoms with Crippen LogP contribution in [0.4, 0.5) is 14.6 Å². The minimum atomic E-state index is -3.95. The van der Waals surface area contributed by atoms with Crippen LogP contribution in [0.1, 0.15) is 35.1 Å². The van der Waals surface area contributed by atoms with Gasteiger partial charge in [-0.25, -0.2) is 13.8 Å². The largest absolute Gasteiger partial charge is 0.349 e. The molecule has 4 rings (SSSR count). The fraction of sp³-hybridized carbons (Fsp3) is 0.333. The van der Waals surface area contributed by atoms with E-state index in [1.54, 1.807) is 24.8 Å². The number of benzene rings is 1. The lowest BCUT2D eigenvalue weighted by Gasteiger charge is -2.27. The lowest BCUT2D eigenvalue weighted by Crippen LogP contribution is -2.28. The van der Waals surface area contributed by atoms with Crippen molar-refractivity contribution in [3.8, 4) is 0 Å². The highest BCUT2D eigenvalue weighted by Crippen LogP contribution is 2.38. The first-order valence-electron chi connectivity index (χ1n) is 8.74. The van der Waals surface area contributed by atoms with Gasteiger partial charge in [-0.1, -0.05) is 0 Å². The predicted octanol–water partition coefficient (Wildman–Crippen LogP) is 3.81. The molecule has 148 valence electrons. The molecule has 0 amide bonds. The Labute approximate surface area is 165 Å². The maximum Gasteiger partial charge on any atom is 0.296 e. The standard InChI is InChI=1S/C18H18F2N4O2S2/c1-11-18(27-12(2)22-11)28(25,26)24-17(7-8-21-24)23-9-3-4-16(23)14-10-13(19)5-6-15(14)20/h5-8,10,16H,3-4,9H2,1-2H3. The molecule has 1 atom stereocenters. The van der Waals surface area contributed by atoms with Crippen molar-refractivity contribution >= 4 is 27.2 Å². The summed E-state index contributed by atoms with van der Waals surface area (Å²) in [5.74, 6) is -0.710. The van der Waals surface area contributed by atoms with Gasteiger partial charge in [-0.15, -0.1) is 15.4 Å². The third-order valence-electron chi connectivity index (χ3n) is 4.78. The summed E-state index contributed by atoms with van der Waals surface area (Å²) in [7, 11) is -3.95. The van der Waals surface area contributed by atoms with Gasteiger partial charge in [-0.3, -0.25) is 0 Å². The van der Waals surface area contributed by atoms with E-state index in [1.165, 1.54) is 12.3 Å². The van der Waals surface area contributed by atoms with E-state index in [0.29, 0.717) is 29.5 Å². The van der Waals surface area contributed by atoms with Crippen molar-refractivity contribution in [3.63, 3.8) is 0 Å². The van der Waals surface area contributed by atoms with Crippen molar-refractivity contribution in [2.75, 3.05) is 11.4 Å². The first-order valence-corrected chi connectivity index (χ1v) is 11.0. The van der Waals surface area contributed by atoms with Gasteiger partial charge < -0.3 is 4.90 Å². The van der Waals surface area contributed by atoms with Gasteiger partial charge in [0.2, 0.25) is 0 Å². The first kappa shape index (κ1) is 19.0. The molecule has 3 heterocycles. The molecule has 1 fully saturated rings. The van der Waals surface area contributed by atoms with Gasteiger partial charge in [0.15, 0.2) is 4.21 Å². The maximum atomic E-state index is 14.4. The number of rotatable bonds is 4. The maximum absolute atomic E-state index is 14.4. The van der Waals surface area contributed by atoms with Gasteiger partial charge in [0.1, 0.15) is 17.5 Å². The molecular formula is C18H18F2N4O2S2. The Morgan fingerprint density at radius 1 is 1.21 bits per heavy atom. The summed E-state index contributed by atoms with van der Waals surface area (Å²) in [6.45, 7) is 3.90. The highest BCUT2D eigenvalue weighted by Gasteiger charge is 2.34. The number of aromatic nitrogens is 3. The SMILES string of the molecule is Cc1nc(C)c(S(=O)(=O)n2nccc2N2CCCC2c2cc(F)ccc2F)s1. The van der Waals surface area contributed by atoms with Crippen LogP contribution in [0.25, 0.3) is 0 Å². The lowest BCUT2D eigenvalue weighted by molar-refractivity contribution is 0.557. The summed E-state index contributed by atoms with van der Waals surface area (Å²) in [6.07, 6.45) is 2.71. The topological polar surface area (TPSA) is 68.1 Å². The van der Waals surface area contributed by atoms with E-state index in [0.717, 1.165) is 34.0 Å². The number of hydrogen-bond donors (Lipinski definition) is 0. The van der Waals surface area contributed by atoms with Gasteiger partial charge in [0.05, 0.1) is 22.9 Å². The normalized spacial score (nSPS) is 17.4. The summed E-state index contributed by atoms with van der Waals surface area (Å²) in [5, 5.41) is 4.67. The fourth-order valence-corrected chi connectivity index (χ4v) is 6.44. The Balaban J connectivity index is 1.78. The van der Waals surface area contributed by atoms with Crippen LogP contribution in [-0.2, 0) is 10.0 Å². The summed E-state index contributed by atoms with van der Waals surface area (Å²) < 4.78 is 55.5. The smallest absolute Gasteiger partial charge is 0.296 e. The van der Waals surface area contributed by atoms with E-state index in [9.17, 15) is 17.2 Å². The molecular weight excluding hydrogens is 406 g/mol. The summed E-state index contributed by atoms with van der Waals surface area (Å²) in [6, 6.07) is 4.45. The average Bonchev–Trinajstić information content (AvgIpc) is 3.35. The van der Waals surface area contributed by atoms with Gasteiger partial charge in [0, 0.05) is 18.2 Å². The van der Waals surface area contributed by atoms with Crippen LogP contribution >= 0.6 is 11.3 Å². The van der Waals surface area contributed by atoms with Gasteiger partial charge in [-0.2, -0.15) is 13.5 Å². The van der Waals surface area contributed by atoms with Crippen molar-refractivity contribution in [2.24, 2.45) is 0 Å². The molecule has 0 radical (unpaired) electrons. The molecule has 6 nitrogen and oxygen atoms in total. The lowest BCUT2D eigenvalue weighted by atomic mass is 10.0. The van der Waals surface area contributed by atoms with Crippen molar-refractivity contribution in [1.82, 2.24) is 14.2 Å². The monoisotopic (exact) mass is 424 g/mol. The molecule has 1 aliphatic heterocycles. The van der Waals surface area contributed by atoms with E-state index in [1.807, 2.05) is 0 Å². The molecule has 28 heavy (non-hydrogen) atoms. The molecule has 1 aliphatic rings. The quantitative estimate of drug-likeness (QED) is 0.637. The summed E-state index contributed by atoms with van der Waals surface area (Å²) >= 11 is 1.08. The second-order valence-corrected chi connectivity index (χ2v) is 9.83. The number of aryl methyl sites for hydroxylation is 2. The average molecular weight is 424 g/mol. The summed E-state index contributed by atoms with van der Waals surface area (Å²) in [4.78, 5) is 5.96. The van der Waals surface area contributed by atoms with Gasteiger partial charge >= 0.3 is 0 Å². The van der Waals surface area contributed by atoms with Crippen LogP contribution < -0.4 is 4.90 Å². The van der Waals surface area contributed by atoms with E-state index in [-0.39, 0.29) is 9.77 Å². The Morgan fingerprint density at radius 3 is 2.71 bits per heavy atom. The molecule has 1 unspecified atom stereocenters. The predicted molar refractivity (Wildman–Crippen MR) is 102 cm³/mol. The van der Waals surface area contributed by atoms with Crippen LogP contribution in [0.15, 0.2) is 34.7 Å². The van der Waals surface area contributed by atoms with Crippen molar-refractivity contribution in [2.45, 2.75) is 36.9 Å². The van der Waals surface area contributed by atoms with Gasteiger partial charge in [0.25, 0.3) is 10.0 Å². The minimum absolute atomic E-state index is 0.127. The Kier molecular flexibility index (Phi) is 4.70. The molecule has 0 N–H and O–H groups in total. The van der Waals surface area contributed by atoms with E-state index in [2.05, 4.69) is 10.1 Å². The molecule has 2 aromatic heterocycles. The summed E-state index contributed by atoms with van der Waals surface area (Å²) in [5.41, 5.74) is 0.630. The third-order valence-corrected chi connectivity index (χ3v) is 8.03. The zero-order chi connectivity index (χ0) is 20.1. The number of halogens is 2. The number of hydrogen-bond acceptors (Lipinski definition) is 6. The van der Waals surface area contributed by atoms with Crippen LogP contribution in [0, 0.1) is 25.5 Å². The van der Waals surface area contributed by atoms with Crippen LogP contribution in [0.2, 0.25) is 0 Å². The first-order chi connectivity index (χ1) is 13.3. The Bertz CT molecular complexity index is 1140. The molecule has 0 bridgehead atoms. The zero-order valence-corrected chi connectivity index (χ0v) is 16.9. The van der Waals surface area contributed by atoms with Crippen LogP contribution in [0.5, 0.6) is 0 Å².